The Bertz CT molecular complexity index is 1180. The number of H-pyrrole nitrogens is 1. The summed E-state index contributed by atoms with van der Waals surface area (Å²) in [5, 5.41) is 13.1. The highest BCUT2D eigenvalue weighted by atomic mass is 32.1. The highest BCUT2D eigenvalue weighted by molar-refractivity contribution is 7.20. The number of hydrogen-bond donors (Lipinski definition) is 3. The molecule has 28 heavy (non-hydrogen) atoms. The van der Waals surface area contributed by atoms with E-state index < -0.39 is 0 Å². The first kappa shape index (κ1) is 17.9. The summed E-state index contributed by atoms with van der Waals surface area (Å²) in [6, 6.07) is 14.4. The molecule has 0 saturated carbocycles. The molecule has 2 amide bonds. The van der Waals surface area contributed by atoms with Crippen molar-refractivity contribution < 1.29 is 14.0 Å². The van der Waals surface area contributed by atoms with Crippen molar-refractivity contribution in [2.75, 3.05) is 10.6 Å². The van der Waals surface area contributed by atoms with Crippen LogP contribution < -0.4 is 10.6 Å². The van der Waals surface area contributed by atoms with Crippen LogP contribution in [-0.2, 0) is 0 Å². The van der Waals surface area contributed by atoms with Crippen LogP contribution >= 0.6 is 11.3 Å². The summed E-state index contributed by atoms with van der Waals surface area (Å²) in [7, 11) is 0. The maximum Gasteiger partial charge on any atom is 0.265 e. The summed E-state index contributed by atoms with van der Waals surface area (Å²) in [4.78, 5) is 25.9. The van der Waals surface area contributed by atoms with E-state index in [2.05, 4.69) is 20.8 Å². The molecular formula is C20H15FN4O2S. The number of nitrogens with one attached hydrogen (secondary N) is 3. The number of aromatic nitrogens is 2. The van der Waals surface area contributed by atoms with E-state index in [0.29, 0.717) is 32.2 Å². The van der Waals surface area contributed by atoms with Crippen LogP contribution in [0.25, 0.3) is 10.2 Å². The van der Waals surface area contributed by atoms with E-state index in [1.54, 1.807) is 18.2 Å². The predicted molar refractivity (Wildman–Crippen MR) is 107 cm³/mol. The molecule has 140 valence electrons. The Morgan fingerprint density at radius 3 is 2.57 bits per heavy atom. The van der Waals surface area contributed by atoms with Crippen LogP contribution in [0.1, 0.15) is 25.6 Å². The van der Waals surface area contributed by atoms with Crippen molar-refractivity contribution in [1.82, 2.24) is 10.2 Å². The lowest BCUT2D eigenvalue weighted by atomic mass is 10.1. The van der Waals surface area contributed by atoms with Crippen molar-refractivity contribution in [3.8, 4) is 0 Å². The zero-order valence-electron chi connectivity index (χ0n) is 14.7. The van der Waals surface area contributed by atoms with Gasteiger partial charge in [0.05, 0.1) is 10.3 Å². The minimum atomic E-state index is -0.374. The number of fused-ring (bicyclic) bond motifs is 1. The summed E-state index contributed by atoms with van der Waals surface area (Å²) in [5.41, 5.74) is 2.01. The van der Waals surface area contributed by atoms with Gasteiger partial charge in [0.25, 0.3) is 11.8 Å². The number of amides is 2. The van der Waals surface area contributed by atoms with E-state index in [1.165, 1.54) is 35.6 Å². The number of anilines is 2. The first-order valence-corrected chi connectivity index (χ1v) is 9.24. The van der Waals surface area contributed by atoms with Crippen molar-refractivity contribution in [2.45, 2.75) is 6.92 Å². The Hall–Kier alpha value is -3.52. The van der Waals surface area contributed by atoms with Crippen molar-refractivity contribution in [3.05, 3.63) is 76.4 Å². The second-order valence-corrected chi connectivity index (χ2v) is 7.24. The maximum absolute atomic E-state index is 13.0. The van der Waals surface area contributed by atoms with Crippen molar-refractivity contribution in [1.29, 1.82) is 0 Å². The van der Waals surface area contributed by atoms with E-state index in [4.69, 9.17) is 0 Å². The van der Waals surface area contributed by atoms with Gasteiger partial charge in [-0.2, -0.15) is 5.10 Å². The molecule has 2 heterocycles. The number of thiophene rings is 1. The SMILES string of the molecule is Cc1cccc(C(=O)Nc2[nH]nc3sc(C(=O)Nc4ccc(F)cc4)cc23)c1. The van der Waals surface area contributed by atoms with Crippen molar-refractivity contribution >= 4 is 44.9 Å². The molecule has 0 unspecified atom stereocenters. The van der Waals surface area contributed by atoms with Crippen LogP contribution in [0.4, 0.5) is 15.9 Å². The van der Waals surface area contributed by atoms with E-state index in [-0.39, 0.29) is 17.6 Å². The molecule has 0 aliphatic heterocycles. The molecule has 0 bridgehead atoms. The van der Waals surface area contributed by atoms with Gasteiger partial charge in [-0.15, -0.1) is 11.3 Å². The Balaban J connectivity index is 1.54. The summed E-state index contributed by atoms with van der Waals surface area (Å²) in [6.45, 7) is 1.91. The third kappa shape index (κ3) is 3.63. The standard InChI is InChI=1S/C20H15FN4O2S/c1-11-3-2-4-12(9-11)18(26)23-17-15-10-16(28-20(15)25-24-17)19(27)22-14-7-5-13(21)6-8-14/h2-10H,1H3,(H,22,27)(H2,23,24,25,26). The molecule has 0 atom stereocenters. The fraction of sp³-hybridized carbons (Fsp3) is 0.0500. The summed E-state index contributed by atoms with van der Waals surface area (Å²) >= 11 is 1.19. The number of carbonyl (C=O) groups excluding carboxylic acids is 2. The molecule has 8 heteroatoms. The number of aromatic amines is 1. The second-order valence-electron chi connectivity index (χ2n) is 6.21. The van der Waals surface area contributed by atoms with E-state index in [0.717, 1.165) is 5.56 Å². The van der Waals surface area contributed by atoms with Gasteiger partial charge in [0.15, 0.2) is 0 Å². The largest absolute Gasteiger partial charge is 0.321 e. The van der Waals surface area contributed by atoms with Gasteiger partial charge >= 0.3 is 0 Å². The second kappa shape index (κ2) is 7.24. The van der Waals surface area contributed by atoms with Crippen LogP contribution in [0.3, 0.4) is 0 Å². The van der Waals surface area contributed by atoms with Crippen molar-refractivity contribution in [3.63, 3.8) is 0 Å². The lowest BCUT2D eigenvalue weighted by molar-refractivity contribution is 0.102. The molecular weight excluding hydrogens is 379 g/mol. The smallest absolute Gasteiger partial charge is 0.265 e. The first-order valence-electron chi connectivity index (χ1n) is 8.42. The van der Waals surface area contributed by atoms with E-state index in [9.17, 15) is 14.0 Å². The van der Waals surface area contributed by atoms with Gasteiger partial charge in [-0.3, -0.25) is 14.7 Å². The normalized spacial score (nSPS) is 10.8. The molecule has 0 saturated heterocycles. The molecule has 3 N–H and O–H groups in total. The fourth-order valence-electron chi connectivity index (χ4n) is 2.72. The third-order valence-electron chi connectivity index (χ3n) is 4.10. The maximum atomic E-state index is 13.0. The van der Waals surface area contributed by atoms with Gasteiger partial charge in [-0.1, -0.05) is 17.7 Å². The zero-order valence-corrected chi connectivity index (χ0v) is 15.6. The van der Waals surface area contributed by atoms with Gasteiger partial charge in [0.1, 0.15) is 16.5 Å². The summed E-state index contributed by atoms with van der Waals surface area (Å²) in [5.74, 6) is -0.538. The summed E-state index contributed by atoms with van der Waals surface area (Å²) in [6.07, 6.45) is 0. The molecule has 0 aliphatic rings. The molecule has 4 aromatic rings. The lowest BCUT2D eigenvalue weighted by Gasteiger charge is -2.04. The Morgan fingerprint density at radius 1 is 1.04 bits per heavy atom. The van der Waals surface area contributed by atoms with Gasteiger partial charge in [0.2, 0.25) is 0 Å². The fourth-order valence-corrected chi connectivity index (χ4v) is 3.61. The lowest BCUT2D eigenvalue weighted by Crippen LogP contribution is -2.12. The van der Waals surface area contributed by atoms with Gasteiger partial charge < -0.3 is 10.6 Å². The number of nitrogens with zero attached hydrogens (tertiary/aromatic N) is 1. The van der Waals surface area contributed by atoms with Gasteiger partial charge in [-0.25, -0.2) is 4.39 Å². The number of hydrogen-bond acceptors (Lipinski definition) is 4. The Morgan fingerprint density at radius 2 is 1.82 bits per heavy atom. The van der Waals surface area contributed by atoms with Crippen LogP contribution in [-0.4, -0.2) is 22.0 Å². The number of rotatable bonds is 4. The number of aryl methyl sites for hydroxylation is 1. The topological polar surface area (TPSA) is 86.9 Å². The molecule has 2 aromatic heterocycles. The first-order chi connectivity index (χ1) is 13.5. The number of carbonyl (C=O) groups is 2. The average molecular weight is 394 g/mol. The third-order valence-corrected chi connectivity index (χ3v) is 5.12. The zero-order chi connectivity index (χ0) is 19.7. The number of benzene rings is 2. The highest BCUT2D eigenvalue weighted by Crippen LogP contribution is 2.30. The molecule has 0 fully saturated rings. The van der Waals surface area contributed by atoms with Crippen LogP contribution in [0.5, 0.6) is 0 Å². The Labute approximate surface area is 163 Å². The van der Waals surface area contributed by atoms with Crippen LogP contribution in [0.15, 0.2) is 54.6 Å². The molecule has 4 rings (SSSR count). The molecule has 2 aromatic carbocycles. The number of halogens is 1. The monoisotopic (exact) mass is 394 g/mol. The minimum Gasteiger partial charge on any atom is -0.321 e. The van der Waals surface area contributed by atoms with E-state index in [1.807, 2.05) is 19.1 Å². The van der Waals surface area contributed by atoms with E-state index >= 15 is 0 Å². The van der Waals surface area contributed by atoms with Gasteiger partial charge in [-0.05, 0) is 49.4 Å². The van der Waals surface area contributed by atoms with Crippen LogP contribution in [0, 0.1) is 12.7 Å². The molecule has 0 radical (unpaired) electrons. The predicted octanol–water partition coefficient (Wildman–Crippen LogP) is 4.58. The van der Waals surface area contributed by atoms with Crippen molar-refractivity contribution in [2.24, 2.45) is 0 Å². The molecule has 0 aliphatic carbocycles. The highest BCUT2D eigenvalue weighted by Gasteiger charge is 2.17. The Kier molecular flexibility index (Phi) is 4.62. The van der Waals surface area contributed by atoms with Gasteiger partial charge in [0, 0.05) is 11.3 Å². The van der Waals surface area contributed by atoms with Crippen LogP contribution in [0.2, 0.25) is 0 Å². The average Bonchev–Trinajstić information content (AvgIpc) is 3.26. The quantitative estimate of drug-likeness (QED) is 0.474. The molecule has 0 spiro atoms. The molecule has 6 nitrogen and oxygen atoms in total. The summed E-state index contributed by atoms with van der Waals surface area (Å²) < 4.78 is 13.0. The minimum absolute atomic E-state index is 0.266.